The van der Waals surface area contributed by atoms with Gasteiger partial charge in [-0.25, -0.2) is 4.68 Å². The highest BCUT2D eigenvalue weighted by atomic mass is 16.2. The molecule has 172 valence electrons. The topological polar surface area (TPSA) is 84.2 Å². The van der Waals surface area contributed by atoms with Crippen molar-refractivity contribution in [2.24, 2.45) is 0 Å². The molecule has 1 atom stereocenters. The average Bonchev–Trinajstić information content (AvgIpc) is 3.30. The fraction of sp³-hybridized carbons (Fsp3) is 0.400. The molecule has 8 heteroatoms. The molecular weight excluding hydrogens is 416 g/mol. The van der Waals surface area contributed by atoms with E-state index in [1.807, 2.05) is 56.0 Å². The number of amides is 2. The molecule has 1 fully saturated rings. The lowest BCUT2D eigenvalue weighted by molar-refractivity contribution is -0.151. The van der Waals surface area contributed by atoms with Crippen molar-refractivity contribution in [1.29, 1.82) is 0 Å². The van der Waals surface area contributed by atoms with Gasteiger partial charge in [0.1, 0.15) is 12.6 Å². The summed E-state index contributed by atoms with van der Waals surface area (Å²) in [5, 5.41) is 8.24. The van der Waals surface area contributed by atoms with Crippen LogP contribution in [0.1, 0.15) is 37.9 Å². The number of hydrogen-bond donors (Lipinski definition) is 0. The smallest absolute Gasteiger partial charge is 0.245 e. The molecule has 1 saturated heterocycles. The maximum Gasteiger partial charge on any atom is 0.245 e. The second-order valence-electron chi connectivity index (χ2n) is 8.66. The molecule has 0 bridgehead atoms. The van der Waals surface area contributed by atoms with E-state index >= 15 is 0 Å². The highest BCUT2D eigenvalue weighted by Crippen LogP contribution is 2.23. The number of likely N-dealkylation sites (N-methyl/N-ethyl adjacent to an activating group) is 1. The van der Waals surface area contributed by atoms with Crippen molar-refractivity contribution in [3.63, 3.8) is 0 Å². The zero-order chi connectivity index (χ0) is 23.4. The molecule has 0 N–H and O–H groups in total. The highest BCUT2D eigenvalue weighted by Gasteiger charge is 2.37. The van der Waals surface area contributed by atoms with E-state index in [9.17, 15) is 9.59 Å². The van der Waals surface area contributed by atoms with Gasteiger partial charge in [0.05, 0.1) is 5.69 Å². The number of benzene rings is 1. The van der Waals surface area contributed by atoms with Gasteiger partial charge in [-0.3, -0.25) is 14.6 Å². The van der Waals surface area contributed by atoms with Gasteiger partial charge in [0.25, 0.3) is 0 Å². The zero-order valence-corrected chi connectivity index (χ0v) is 19.4. The van der Waals surface area contributed by atoms with E-state index in [1.165, 1.54) is 0 Å². The summed E-state index contributed by atoms with van der Waals surface area (Å²) in [7, 11) is 0. The first kappa shape index (κ1) is 22.6. The van der Waals surface area contributed by atoms with Crippen molar-refractivity contribution < 1.29 is 9.59 Å². The molecule has 2 amide bonds. The summed E-state index contributed by atoms with van der Waals surface area (Å²) >= 11 is 0. The monoisotopic (exact) mass is 446 g/mol. The molecule has 4 rings (SSSR count). The molecule has 0 spiro atoms. The Morgan fingerprint density at radius 1 is 1.12 bits per heavy atom. The Morgan fingerprint density at radius 3 is 2.61 bits per heavy atom. The minimum Gasteiger partial charge on any atom is -0.339 e. The van der Waals surface area contributed by atoms with Crippen molar-refractivity contribution in [2.75, 3.05) is 19.6 Å². The zero-order valence-electron chi connectivity index (χ0n) is 19.4. The van der Waals surface area contributed by atoms with Crippen LogP contribution in [0.25, 0.3) is 11.1 Å². The second-order valence-corrected chi connectivity index (χ2v) is 8.66. The first-order valence-electron chi connectivity index (χ1n) is 11.4. The van der Waals surface area contributed by atoms with E-state index in [2.05, 4.69) is 21.4 Å². The summed E-state index contributed by atoms with van der Waals surface area (Å²) < 4.78 is 1.56. The second kappa shape index (κ2) is 9.94. The van der Waals surface area contributed by atoms with Crippen molar-refractivity contribution in [2.45, 2.75) is 45.7 Å². The molecule has 0 aliphatic carbocycles. The van der Waals surface area contributed by atoms with Crippen LogP contribution in [0, 0.1) is 0 Å². The Labute approximate surface area is 194 Å². The van der Waals surface area contributed by atoms with Crippen LogP contribution in [0.15, 0.2) is 55.0 Å². The molecule has 33 heavy (non-hydrogen) atoms. The van der Waals surface area contributed by atoms with E-state index in [0.29, 0.717) is 26.1 Å². The Balaban J connectivity index is 1.56. The van der Waals surface area contributed by atoms with Crippen molar-refractivity contribution >= 4 is 11.8 Å². The van der Waals surface area contributed by atoms with E-state index in [0.717, 1.165) is 22.4 Å². The third kappa shape index (κ3) is 5.10. The Kier molecular flexibility index (Phi) is 6.82. The van der Waals surface area contributed by atoms with Crippen LogP contribution in [-0.4, -0.2) is 67.3 Å². The van der Waals surface area contributed by atoms with Crippen LogP contribution in [0.2, 0.25) is 0 Å². The molecule has 3 aromatic rings. The Morgan fingerprint density at radius 2 is 1.91 bits per heavy atom. The highest BCUT2D eigenvalue weighted by molar-refractivity contribution is 5.89. The lowest BCUT2D eigenvalue weighted by Crippen LogP contribution is -2.59. The molecule has 1 aliphatic rings. The van der Waals surface area contributed by atoms with Crippen molar-refractivity contribution in [3.05, 3.63) is 66.2 Å². The van der Waals surface area contributed by atoms with Gasteiger partial charge in [0.2, 0.25) is 11.8 Å². The minimum atomic E-state index is -0.535. The van der Waals surface area contributed by atoms with Crippen LogP contribution < -0.4 is 0 Å². The van der Waals surface area contributed by atoms with Crippen LogP contribution in [-0.2, 0) is 22.6 Å². The van der Waals surface area contributed by atoms with Crippen LogP contribution in [0.5, 0.6) is 0 Å². The molecule has 1 aromatic carbocycles. The number of nitrogens with zero attached hydrogens (tertiary/aromatic N) is 6. The normalized spacial score (nSPS) is 16.5. The maximum atomic E-state index is 13.3. The van der Waals surface area contributed by atoms with Gasteiger partial charge in [-0.05, 0) is 41.7 Å². The summed E-state index contributed by atoms with van der Waals surface area (Å²) in [5.41, 5.74) is 3.99. The molecule has 2 aromatic heterocycles. The molecule has 1 aliphatic heterocycles. The van der Waals surface area contributed by atoms with Crippen LogP contribution in [0.3, 0.4) is 0 Å². The molecule has 0 radical (unpaired) electrons. The molecular formula is C25H30N6O2. The predicted octanol–water partition coefficient (Wildman–Crippen LogP) is 2.77. The quantitative estimate of drug-likeness (QED) is 0.557. The largest absolute Gasteiger partial charge is 0.339 e. The van der Waals surface area contributed by atoms with Gasteiger partial charge in [0.15, 0.2) is 0 Å². The van der Waals surface area contributed by atoms with Gasteiger partial charge < -0.3 is 9.80 Å². The SMILES string of the molecule is CCN1CCN(C(=O)Cn2cc(C(C)C)nn2)[C@H](Cc2cccc(-c3ccncc3)c2)C1=O. The number of aromatic nitrogens is 4. The number of carbonyl (C=O) groups is 2. The van der Waals surface area contributed by atoms with Gasteiger partial charge in [-0.2, -0.15) is 0 Å². The standard InChI is InChI=1S/C25H30N6O2/c1-4-29-12-13-31(24(32)17-30-16-22(18(2)3)27-28-30)23(25(29)33)15-19-6-5-7-21(14-19)20-8-10-26-11-9-20/h5-11,14,16,18,23H,4,12-13,15,17H2,1-3H3/t23-/m1/s1. The fourth-order valence-corrected chi connectivity index (χ4v) is 4.18. The lowest BCUT2D eigenvalue weighted by Gasteiger charge is -2.40. The third-order valence-electron chi connectivity index (χ3n) is 6.10. The average molecular weight is 447 g/mol. The van der Waals surface area contributed by atoms with E-state index in [-0.39, 0.29) is 24.3 Å². The molecule has 0 unspecified atom stereocenters. The number of piperazine rings is 1. The van der Waals surface area contributed by atoms with Crippen LogP contribution in [0.4, 0.5) is 0 Å². The van der Waals surface area contributed by atoms with Gasteiger partial charge in [-0.15, -0.1) is 5.10 Å². The fourth-order valence-electron chi connectivity index (χ4n) is 4.18. The lowest BCUT2D eigenvalue weighted by atomic mass is 9.97. The third-order valence-corrected chi connectivity index (χ3v) is 6.10. The molecule has 8 nitrogen and oxygen atoms in total. The number of carbonyl (C=O) groups excluding carboxylic acids is 2. The number of pyridine rings is 1. The Bertz CT molecular complexity index is 1110. The summed E-state index contributed by atoms with van der Waals surface area (Å²) in [6.45, 7) is 7.81. The summed E-state index contributed by atoms with van der Waals surface area (Å²) in [6, 6.07) is 11.5. The van der Waals surface area contributed by atoms with Gasteiger partial charge in [0, 0.05) is 44.6 Å². The van der Waals surface area contributed by atoms with Crippen molar-refractivity contribution in [3.8, 4) is 11.1 Å². The maximum absolute atomic E-state index is 13.3. The number of rotatable bonds is 7. The first-order chi connectivity index (χ1) is 16.0. The van der Waals surface area contributed by atoms with E-state index in [1.54, 1.807) is 28.2 Å². The predicted molar refractivity (Wildman–Crippen MR) is 125 cm³/mol. The van der Waals surface area contributed by atoms with Gasteiger partial charge >= 0.3 is 0 Å². The van der Waals surface area contributed by atoms with Crippen LogP contribution >= 0.6 is 0 Å². The Hall–Kier alpha value is -3.55. The molecule has 0 saturated carbocycles. The summed E-state index contributed by atoms with van der Waals surface area (Å²) in [4.78, 5) is 34.1. The minimum absolute atomic E-state index is 0.00660. The summed E-state index contributed by atoms with van der Waals surface area (Å²) in [5.74, 6) is 0.117. The molecule has 3 heterocycles. The van der Waals surface area contributed by atoms with E-state index < -0.39 is 6.04 Å². The first-order valence-corrected chi connectivity index (χ1v) is 11.4. The van der Waals surface area contributed by atoms with Gasteiger partial charge in [-0.1, -0.05) is 43.3 Å². The van der Waals surface area contributed by atoms with E-state index in [4.69, 9.17) is 0 Å². The van der Waals surface area contributed by atoms with Crippen molar-refractivity contribution in [1.82, 2.24) is 29.8 Å². The summed E-state index contributed by atoms with van der Waals surface area (Å²) in [6.07, 6.45) is 5.80. The number of hydrogen-bond acceptors (Lipinski definition) is 5.